The number of nitrogens with two attached hydrogens (primary N) is 1. The molecule has 0 bridgehead atoms. The number of carbonyl (C=O) groups excluding carboxylic acids is 1. The maximum absolute atomic E-state index is 14.6. The lowest BCUT2D eigenvalue weighted by molar-refractivity contribution is -0.477. The van der Waals surface area contributed by atoms with Gasteiger partial charge in [-0.05, 0) is 0 Å². The second-order valence-corrected chi connectivity index (χ2v) is 9.85. The fraction of sp³-hybridized carbons (Fsp3) is 0.957. The molecule has 0 aromatic rings. The van der Waals surface area contributed by atoms with E-state index in [1.807, 2.05) is 0 Å². The molecule has 8 nitrogen and oxygen atoms in total. The lowest BCUT2D eigenvalue weighted by Crippen LogP contribution is -2.77. The average molecular weight is 826 g/mol. The van der Waals surface area contributed by atoms with E-state index in [9.17, 15) is 97.0 Å². The molecule has 0 rings (SSSR count). The first-order valence-electron chi connectivity index (χ1n) is 13.5. The smallest absolute Gasteiger partial charge is 0.382 e. The van der Waals surface area contributed by atoms with E-state index in [2.05, 4.69) is 4.74 Å². The van der Waals surface area contributed by atoms with Crippen LogP contribution in [0.2, 0.25) is 0 Å². The van der Waals surface area contributed by atoms with Crippen LogP contribution in [-0.4, -0.2) is 150 Å². The van der Waals surface area contributed by atoms with Crippen LogP contribution in [0.3, 0.4) is 0 Å². The molecule has 0 saturated carbocycles. The summed E-state index contributed by atoms with van der Waals surface area (Å²) < 4.78 is 311. The Morgan fingerprint density at radius 2 is 0.750 bits per heavy atom. The van der Waals surface area contributed by atoms with Gasteiger partial charge in [0.25, 0.3) is 5.91 Å². The van der Waals surface area contributed by atoms with E-state index >= 15 is 0 Å². The number of hydrogen-bond donors (Lipinski definition) is 1. The first-order valence-corrected chi connectivity index (χ1v) is 13.5. The summed E-state index contributed by atoms with van der Waals surface area (Å²) >= 11 is 0. The minimum atomic E-state index is -9.30. The number of amides is 1. The molecule has 312 valence electrons. The van der Waals surface area contributed by atoms with Gasteiger partial charge in [0.05, 0.1) is 52.9 Å². The van der Waals surface area contributed by atoms with Crippen molar-refractivity contribution < 1.29 is 121 Å². The van der Waals surface area contributed by atoms with E-state index in [1.165, 1.54) is 7.11 Å². The summed E-state index contributed by atoms with van der Waals surface area (Å²) in [4.78, 5) is 10.2. The SMILES string of the molecule is COCCOCCOCCOCCOCC(=O)N(CCN)C(F)(F)C(F)(F)C(F)(F)C(F)(F)C(F)(F)C(F)(F)C(F)(F)C(F)(F)C(F)(F)C(F)(F)F. The van der Waals surface area contributed by atoms with Crippen molar-refractivity contribution in [1.82, 2.24) is 4.90 Å². The number of rotatable bonds is 25. The maximum atomic E-state index is 14.6. The number of nitrogens with zero attached hydrogens (tertiary/aromatic N) is 1. The molecule has 52 heavy (non-hydrogen) atoms. The number of carbonyl (C=O) groups is 1. The Labute approximate surface area is 277 Å². The second-order valence-electron chi connectivity index (χ2n) is 9.85. The van der Waals surface area contributed by atoms with Crippen LogP contribution in [0.1, 0.15) is 0 Å². The van der Waals surface area contributed by atoms with Crippen molar-refractivity contribution in [3.63, 3.8) is 0 Å². The predicted molar refractivity (Wildman–Crippen MR) is 126 cm³/mol. The van der Waals surface area contributed by atoms with Crippen LogP contribution in [0.4, 0.5) is 92.2 Å². The van der Waals surface area contributed by atoms with E-state index in [4.69, 9.17) is 24.7 Å². The molecule has 0 aromatic carbocycles. The number of alkyl halides is 21. The van der Waals surface area contributed by atoms with Crippen LogP contribution in [0.5, 0.6) is 0 Å². The third-order valence-corrected chi connectivity index (χ3v) is 6.26. The summed E-state index contributed by atoms with van der Waals surface area (Å²) in [6, 6.07) is -7.29. The first-order chi connectivity index (χ1) is 23.2. The van der Waals surface area contributed by atoms with Gasteiger partial charge in [-0.3, -0.25) is 9.69 Å². The lowest BCUT2D eigenvalue weighted by Gasteiger charge is -2.45. The van der Waals surface area contributed by atoms with Crippen LogP contribution in [0.25, 0.3) is 0 Å². The van der Waals surface area contributed by atoms with Crippen molar-refractivity contribution in [3.05, 3.63) is 0 Å². The van der Waals surface area contributed by atoms with E-state index in [1.54, 1.807) is 0 Å². The molecule has 0 spiro atoms. The van der Waals surface area contributed by atoms with Gasteiger partial charge in [-0.1, -0.05) is 0 Å². The highest BCUT2D eigenvalue weighted by molar-refractivity contribution is 5.78. The van der Waals surface area contributed by atoms with Gasteiger partial charge < -0.3 is 29.4 Å². The molecular weight excluding hydrogens is 799 g/mol. The lowest BCUT2D eigenvalue weighted by atomic mass is 9.87. The van der Waals surface area contributed by atoms with Gasteiger partial charge in [0.1, 0.15) is 6.61 Å². The van der Waals surface area contributed by atoms with Crippen molar-refractivity contribution in [2.45, 2.75) is 59.6 Å². The monoisotopic (exact) mass is 826 g/mol. The highest BCUT2D eigenvalue weighted by atomic mass is 19.4. The molecular formula is C23H27F21N2O6. The maximum Gasteiger partial charge on any atom is 0.460 e. The van der Waals surface area contributed by atoms with Crippen LogP contribution in [0.15, 0.2) is 0 Å². The predicted octanol–water partition coefficient (Wildman–Crippen LogP) is 5.72. The Bertz CT molecular complexity index is 1120. The summed E-state index contributed by atoms with van der Waals surface area (Å²) in [5, 5.41) is 0. The Morgan fingerprint density at radius 1 is 0.462 bits per heavy atom. The first kappa shape index (κ1) is 49.8. The molecule has 0 aliphatic rings. The zero-order valence-electron chi connectivity index (χ0n) is 25.7. The molecule has 2 N–H and O–H groups in total. The molecule has 0 saturated heterocycles. The highest BCUT2D eigenvalue weighted by Crippen LogP contribution is 2.66. The zero-order valence-corrected chi connectivity index (χ0v) is 25.7. The topological polar surface area (TPSA) is 92.5 Å². The molecule has 0 aliphatic carbocycles. The fourth-order valence-electron chi connectivity index (χ4n) is 3.31. The van der Waals surface area contributed by atoms with Crippen molar-refractivity contribution >= 4 is 5.91 Å². The molecule has 0 radical (unpaired) electrons. The van der Waals surface area contributed by atoms with E-state index in [0.29, 0.717) is 6.61 Å². The fourth-order valence-corrected chi connectivity index (χ4v) is 3.31. The van der Waals surface area contributed by atoms with E-state index in [0.717, 1.165) is 0 Å². The standard InChI is InChI=1S/C23H27F21N2O6/c1-48-4-5-49-6-7-50-8-9-51-10-11-52-12-13(47)46(3-2-45)23(43,44)21(38,39)19(34,35)17(30,31)15(26,27)14(24,25)16(28,29)18(32,33)20(36,37)22(40,41)42/h2-12,45H2,1H3. The quantitative estimate of drug-likeness (QED) is 0.0716. The molecule has 0 aliphatic heterocycles. The van der Waals surface area contributed by atoms with Gasteiger partial charge in [-0.2, -0.15) is 92.2 Å². The van der Waals surface area contributed by atoms with Gasteiger partial charge >= 0.3 is 59.6 Å². The number of halogens is 21. The minimum Gasteiger partial charge on any atom is -0.382 e. The third kappa shape index (κ3) is 9.16. The summed E-state index contributed by atoms with van der Waals surface area (Å²) in [7, 11) is 1.41. The molecule has 0 heterocycles. The average Bonchev–Trinajstić information content (AvgIpc) is 3.00. The van der Waals surface area contributed by atoms with E-state index in [-0.39, 0.29) is 33.0 Å². The van der Waals surface area contributed by atoms with Crippen molar-refractivity contribution in [2.75, 3.05) is 79.7 Å². The van der Waals surface area contributed by atoms with Crippen molar-refractivity contribution in [3.8, 4) is 0 Å². The molecule has 0 fully saturated rings. The van der Waals surface area contributed by atoms with Gasteiger partial charge in [-0.15, -0.1) is 0 Å². The summed E-state index contributed by atoms with van der Waals surface area (Å²) in [5.74, 6) is -74.3. The minimum absolute atomic E-state index is 0.0717. The Morgan fingerprint density at radius 3 is 1.06 bits per heavy atom. The summed E-state index contributed by atoms with van der Waals surface area (Å²) in [5.41, 5.74) is 4.75. The van der Waals surface area contributed by atoms with Gasteiger partial charge in [0.2, 0.25) is 0 Å². The van der Waals surface area contributed by atoms with Gasteiger partial charge in [0.15, 0.2) is 0 Å². The third-order valence-electron chi connectivity index (χ3n) is 6.26. The highest BCUT2D eigenvalue weighted by Gasteiger charge is 2.98. The van der Waals surface area contributed by atoms with Crippen LogP contribution in [-0.2, 0) is 28.5 Å². The normalized spacial score (nSPS) is 15.0. The summed E-state index contributed by atoms with van der Waals surface area (Å²) in [6.45, 7) is -6.38. The Hall–Kier alpha value is -2.24. The number of ether oxygens (including phenoxy) is 5. The number of hydrogen-bond acceptors (Lipinski definition) is 7. The molecule has 0 aromatic heterocycles. The largest absolute Gasteiger partial charge is 0.460 e. The molecule has 1 amide bonds. The van der Waals surface area contributed by atoms with Crippen LogP contribution < -0.4 is 5.73 Å². The van der Waals surface area contributed by atoms with Crippen molar-refractivity contribution in [2.24, 2.45) is 5.73 Å². The van der Waals surface area contributed by atoms with Gasteiger partial charge in [-0.25, -0.2) is 0 Å². The summed E-state index contributed by atoms with van der Waals surface area (Å²) in [6.07, 6.45) is -8.07. The second kappa shape index (κ2) is 17.5. The Kier molecular flexibility index (Phi) is 16.7. The molecule has 0 unspecified atom stereocenters. The van der Waals surface area contributed by atoms with Crippen LogP contribution >= 0.6 is 0 Å². The van der Waals surface area contributed by atoms with E-state index < -0.39 is 103 Å². The van der Waals surface area contributed by atoms with Crippen LogP contribution in [0, 0.1) is 0 Å². The number of methoxy groups -OCH3 is 1. The van der Waals surface area contributed by atoms with Crippen molar-refractivity contribution in [1.29, 1.82) is 0 Å². The molecule has 0 atom stereocenters. The zero-order chi connectivity index (χ0) is 41.5. The molecule has 29 heteroatoms. The Balaban J connectivity index is 6.09. The van der Waals surface area contributed by atoms with Gasteiger partial charge in [0, 0.05) is 20.2 Å².